The van der Waals surface area contributed by atoms with Crippen LogP contribution in [0.2, 0.25) is 0 Å². The van der Waals surface area contributed by atoms with Crippen LogP contribution in [0, 0.1) is 0 Å². The summed E-state index contributed by atoms with van der Waals surface area (Å²) in [6.07, 6.45) is -9.81. The Morgan fingerprint density at radius 1 is 1.08 bits per heavy atom. The highest BCUT2D eigenvalue weighted by Crippen LogP contribution is 2.32. The van der Waals surface area contributed by atoms with Gasteiger partial charge in [-0.15, -0.1) is 5.06 Å². The number of hydrogen-bond acceptors (Lipinski definition) is 11. The minimum Gasteiger partial charge on any atom is -0.394 e. The van der Waals surface area contributed by atoms with Crippen molar-refractivity contribution in [1.29, 1.82) is 0 Å². The SMILES string of the molecule is CC(C1O[C@H](CO)C[C@H](O)[C@H]1O)N1OC[C@H](O)[C@@H](O)[C@H](O)[C@]1(O)CO. The van der Waals surface area contributed by atoms with Gasteiger partial charge in [0.2, 0.25) is 0 Å². The number of rotatable bonds is 4. The van der Waals surface area contributed by atoms with Gasteiger partial charge < -0.3 is 45.6 Å². The molecule has 0 aromatic carbocycles. The van der Waals surface area contributed by atoms with Crippen molar-refractivity contribution < 1.29 is 50.4 Å². The Labute approximate surface area is 144 Å². The van der Waals surface area contributed by atoms with E-state index in [9.17, 15) is 40.9 Å². The normalized spacial score (nSPS) is 48.1. The van der Waals surface area contributed by atoms with Crippen LogP contribution in [0.4, 0.5) is 0 Å². The third kappa shape index (κ3) is 3.82. The van der Waals surface area contributed by atoms with E-state index in [0.717, 1.165) is 5.06 Å². The molecular formula is C14H27NO10. The molecule has 2 saturated heterocycles. The van der Waals surface area contributed by atoms with Crippen LogP contribution in [0.1, 0.15) is 13.3 Å². The number of aliphatic hydroxyl groups excluding tert-OH is 7. The summed E-state index contributed by atoms with van der Waals surface area (Å²) in [6, 6.07) is -1.04. The molecule has 2 aliphatic rings. The van der Waals surface area contributed by atoms with E-state index in [2.05, 4.69) is 0 Å². The molecule has 2 rings (SSSR count). The van der Waals surface area contributed by atoms with Crippen molar-refractivity contribution in [2.75, 3.05) is 19.8 Å². The van der Waals surface area contributed by atoms with E-state index >= 15 is 0 Å². The molecule has 2 fully saturated rings. The van der Waals surface area contributed by atoms with E-state index in [1.54, 1.807) is 0 Å². The Morgan fingerprint density at radius 3 is 2.28 bits per heavy atom. The molecule has 11 nitrogen and oxygen atoms in total. The molecule has 25 heavy (non-hydrogen) atoms. The number of nitrogens with zero attached hydrogens (tertiary/aromatic N) is 1. The largest absolute Gasteiger partial charge is 0.394 e. The maximum absolute atomic E-state index is 10.6. The van der Waals surface area contributed by atoms with E-state index in [0.29, 0.717) is 0 Å². The van der Waals surface area contributed by atoms with Crippen molar-refractivity contribution in [3.8, 4) is 0 Å². The van der Waals surface area contributed by atoms with E-state index < -0.39 is 74.3 Å². The quantitative estimate of drug-likeness (QED) is 0.238. The van der Waals surface area contributed by atoms with Crippen molar-refractivity contribution in [1.82, 2.24) is 5.06 Å². The first kappa shape index (κ1) is 20.9. The number of ether oxygens (including phenoxy) is 1. The van der Waals surface area contributed by atoms with Crippen molar-refractivity contribution >= 4 is 0 Å². The molecular weight excluding hydrogens is 342 g/mol. The number of hydrogen-bond donors (Lipinski definition) is 8. The highest BCUT2D eigenvalue weighted by molar-refractivity contribution is 4.98. The van der Waals surface area contributed by atoms with Crippen LogP contribution in [0.5, 0.6) is 0 Å². The van der Waals surface area contributed by atoms with Gasteiger partial charge in [0.15, 0.2) is 5.72 Å². The lowest BCUT2D eigenvalue weighted by molar-refractivity contribution is -0.357. The van der Waals surface area contributed by atoms with Crippen LogP contribution >= 0.6 is 0 Å². The van der Waals surface area contributed by atoms with Crippen LogP contribution < -0.4 is 0 Å². The summed E-state index contributed by atoms with van der Waals surface area (Å²) < 4.78 is 5.52. The fourth-order valence-corrected chi connectivity index (χ4v) is 3.25. The zero-order chi connectivity index (χ0) is 18.9. The van der Waals surface area contributed by atoms with Gasteiger partial charge in [-0.3, -0.25) is 4.84 Å². The van der Waals surface area contributed by atoms with E-state index in [-0.39, 0.29) is 6.42 Å². The molecule has 9 atom stereocenters. The summed E-state index contributed by atoms with van der Waals surface area (Å²) in [5.41, 5.74) is -2.50. The van der Waals surface area contributed by atoms with Crippen LogP contribution in [0.3, 0.4) is 0 Å². The molecule has 8 N–H and O–H groups in total. The first-order valence-electron chi connectivity index (χ1n) is 8.09. The van der Waals surface area contributed by atoms with Gasteiger partial charge in [-0.25, -0.2) is 0 Å². The summed E-state index contributed by atoms with van der Waals surface area (Å²) in [5.74, 6) is 0. The Bertz CT molecular complexity index is 442. The average molecular weight is 369 g/mol. The molecule has 0 amide bonds. The second kappa shape index (κ2) is 8.06. The minimum atomic E-state index is -2.50. The molecule has 148 valence electrons. The van der Waals surface area contributed by atoms with Gasteiger partial charge in [-0.2, -0.15) is 0 Å². The smallest absolute Gasteiger partial charge is 0.192 e. The van der Waals surface area contributed by atoms with Crippen LogP contribution in [-0.4, -0.2) is 120 Å². The molecule has 0 aromatic rings. The monoisotopic (exact) mass is 369 g/mol. The van der Waals surface area contributed by atoms with Crippen molar-refractivity contribution in [2.45, 2.75) is 67.8 Å². The Balaban J connectivity index is 2.29. The summed E-state index contributed by atoms with van der Waals surface area (Å²) in [7, 11) is 0. The molecule has 2 heterocycles. The van der Waals surface area contributed by atoms with Gasteiger partial charge in [0.1, 0.15) is 30.5 Å². The highest BCUT2D eigenvalue weighted by Gasteiger charge is 2.54. The molecule has 11 heteroatoms. The maximum Gasteiger partial charge on any atom is 0.192 e. The van der Waals surface area contributed by atoms with Gasteiger partial charge in [0, 0.05) is 6.42 Å². The second-order valence-electron chi connectivity index (χ2n) is 6.60. The number of aliphatic hydroxyl groups is 8. The molecule has 0 radical (unpaired) electrons. The van der Waals surface area contributed by atoms with Gasteiger partial charge in [-0.05, 0) is 6.92 Å². The van der Waals surface area contributed by atoms with Crippen molar-refractivity contribution in [2.24, 2.45) is 0 Å². The zero-order valence-electron chi connectivity index (χ0n) is 13.8. The maximum atomic E-state index is 10.6. The lowest BCUT2D eigenvalue weighted by Crippen LogP contribution is -2.67. The molecule has 0 bridgehead atoms. The third-order valence-electron chi connectivity index (χ3n) is 4.82. The predicted octanol–water partition coefficient (Wildman–Crippen LogP) is -4.74. The van der Waals surface area contributed by atoms with Crippen molar-refractivity contribution in [3.05, 3.63) is 0 Å². The van der Waals surface area contributed by atoms with E-state index in [1.165, 1.54) is 6.92 Å². The average Bonchev–Trinajstić information content (AvgIpc) is 2.68. The second-order valence-corrected chi connectivity index (χ2v) is 6.60. The van der Waals surface area contributed by atoms with Crippen LogP contribution in [0.25, 0.3) is 0 Å². The summed E-state index contributed by atoms with van der Waals surface area (Å²) in [6.45, 7) is -0.535. The molecule has 0 saturated carbocycles. The fourth-order valence-electron chi connectivity index (χ4n) is 3.25. The topological polar surface area (TPSA) is 184 Å². The first-order valence-corrected chi connectivity index (χ1v) is 8.09. The lowest BCUT2D eigenvalue weighted by Gasteiger charge is -2.47. The summed E-state index contributed by atoms with van der Waals surface area (Å²) >= 11 is 0. The standard InChI is InChI=1S/C14H27NO10/c1-6(12-10(20)8(18)2-7(3-16)25-12)15-14(23,5-17)13(22)11(21)9(19)4-24-15/h6-13,16-23H,2-5H2,1H3/t6?,7-,8-,9-,10+,11+,12?,13-,14+/m0/s1. The van der Waals surface area contributed by atoms with E-state index in [4.69, 9.17) is 9.57 Å². The van der Waals surface area contributed by atoms with Gasteiger partial charge >= 0.3 is 0 Å². The first-order chi connectivity index (χ1) is 11.7. The highest BCUT2D eigenvalue weighted by atomic mass is 16.7. The summed E-state index contributed by atoms with van der Waals surface area (Å²) in [5, 5.41) is 80.0. The Hall–Kier alpha value is -0.440. The van der Waals surface area contributed by atoms with Crippen LogP contribution in [0.15, 0.2) is 0 Å². The molecule has 2 unspecified atom stereocenters. The molecule has 0 spiro atoms. The minimum absolute atomic E-state index is 0.00602. The zero-order valence-corrected chi connectivity index (χ0v) is 13.8. The summed E-state index contributed by atoms with van der Waals surface area (Å²) in [4.78, 5) is 5.25. The Kier molecular flexibility index (Phi) is 6.73. The third-order valence-corrected chi connectivity index (χ3v) is 4.82. The fraction of sp³-hybridized carbons (Fsp3) is 1.00. The predicted molar refractivity (Wildman–Crippen MR) is 79.7 cm³/mol. The molecule has 0 aromatic heterocycles. The van der Waals surface area contributed by atoms with Crippen LogP contribution in [-0.2, 0) is 9.57 Å². The van der Waals surface area contributed by atoms with Gasteiger partial charge in [-0.1, -0.05) is 0 Å². The van der Waals surface area contributed by atoms with Gasteiger partial charge in [0.25, 0.3) is 0 Å². The molecule has 2 aliphatic heterocycles. The van der Waals surface area contributed by atoms with Gasteiger partial charge in [0.05, 0.1) is 38.1 Å². The number of hydroxylamine groups is 2. The van der Waals surface area contributed by atoms with E-state index in [1.807, 2.05) is 0 Å². The lowest BCUT2D eigenvalue weighted by atomic mass is 9.92. The Morgan fingerprint density at radius 2 is 1.72 bits per heavy atom. The molecule has 0 aliphatic carbocycles. The van der Waals surface area contributed by atoms with Crippen molar-refractivity contribution in [3.63, 3.8) is 0 Å².